The molecule has 0 aliphatic carbocycles. The van der Waals surface area contributed by atoms with E-state index in [0.717, 1.165) is 0 Å². The lowest BCUT2D eigenvalue weighted by molar-refractivity contribution is 0.475. The molecule has 6 nitrogen and oxygen atoms in total. The van der Waals surface area contributed by atoms with Gasteiger partial charge in [-0.05, 0) is 12.1 Å². The number of anilines is 1. The van der Waals surface area contributed by atoms with Gasteiger partial charge in [-0.3, -0.25) is 9.82 Å². The highest BCUT2D eigenvalue weighted by Gasteiger charge is 2.16. The van der Waals surface area contributed by atoms with E-state index in [2.05, 4.69) is 14.9 Å². The van der Waals surface area contributed by atoms with Gasteiger partial charge in [0.2, 0.25) is 0 Å². The molecule has 0 saturated heterocycles. The lowest BCUT2D eigenvalue weighted by Gasteiger charge is -2.07. The largest absolute Gasteiger partial charge is 0.508 e. The van der Waals surface area contributed by atoms with Gasteiger partial charge in [-0.2, -0.15) is 5.10 Å². The molecule has 0 atom stereocenters. The summed E-state index contributed by atoms with van der Waals surface area (Å²) in [6.07, 6.45) is 2.42. The summed E-state index contributed by atoms with van der Waals surface area (Å²) in [7, 11) is -3.72. The van der Waals surface area contributed by atoms with Crippen LogP contribution in [0.2, 0.25) is 5.02 Å². The predicted molar refractivity (Wildman–Crippen MR) is 62.5 cm³/mol. The number of rotatable bonds is 3. The van der Waals surface area contributed by atoms with Gasteiger partial charge in [-0.25, -0.2) is 8.42 Å². The van der Waals surface area contributed by atoms with Gasteiger partial charge in [0.25, 0.3) is 10.0 Å². The monoisotopic (exact) mass is 273 g/mol. The quantitative estimate of drug-likeness (QED) is 0.740. The molecule has 0 spiro atoms. The Balaban J connectivity index is 2.33. The molecule has 1 heterocycles. The molecule has 0 radical (unpaired) electrons. The van der Waals surface area contributed by atoms with Gasteiger partial charge in [0.1, 0.15) is 10.6 Å². The van der Waals surface area contributed by atoms with Crippen molar-refractivity contribution in [3.63, 3.8) is 0 Å². The molecule has 2 aromatic rings. The number of aromatic hydroxyl groups is 1. The molecular weight excluding hydrogens is 266 g/mol. The SMILES string of the molecule is O=S(=O)(Nc1ccc(O)cc1Cl)c1cn[nH]c1. The number of hydrogen-bond acceptors (Lipinski definition) is 4. The van der Waals surface area contributed by atoms with Gasteiger partial charge in [-0.1, -0.05) is 11.6 Å². The molecule has 90 valence electrons. The molecule has 1 aromatic carbocycles. The van der Waals surface area contributed by atoms with Gasteiger partial charge >= 0.3 is 0 Å². The fourth-order valence-electron chi connectivity index (χ4n) is 1.18. The number of aromatic nitrogens is 2. The molecule has 0 fully saturated rings. The number of benzene rings is 1. The molecule has 1 aromatic heterocycles. The maximum Gasteiger partial charge on any atom is 0.265 e. The molecule has 0 saturated carbocycles. The first-order valence-corrected chi connectivity index (χ1v) is 6.35. The first-order valence-electron chi connectivity index (χ1n) is 4.49. The van der Waals surface area contributed by atoms with Crippen LogP contribution in [0, 0.1) is 0 Å². The summed E-state index contributed by atoms with van der Waals surface area (Å²) < 4.78 is 25.9. The number of phenols is 1. The van der Waals surface area contributed by atoms with Crippen molar-refractivity contribution in [2.24, 2.45) is 0 Å². The van der Waals surface area contributed by atoms with Crippen molar-refractivity contribution < 1.29 is 13.5 Å². The Morgan fingerprint density at radius 1 is 1.41 bits per heavy atom. The van der Waals surface area contributed by atoms with Crippen LogP contribution in [0.3, 0.4) is 0 Å². The van der Waals surface area contributed by atoms with Crippen LogP contribution in [0.25, 0.3) is 0 Å². The first kappa shape index (κ1) is 11.7. The van der Waals surface area contributed by atoms with Crippen LogP contribution in [0.15, 0.2) is 35.5 Å². The van der Waals surface area contributed by atoms with E-state index in [1.165, 1.54) is 30.6 Å². The summed E-state index contributed by atoms with van der Waals surface area (Å²) in [5.41, 5.74) is 0.186. The lowest BCUT2D eigenvalue weighted by Crippen LogP contribution is -2.12. The minimum atomic E-state index is -3.72. The number of halogens is 1. The second kappa shape index (κ2) is 4.27. The Kier molecular flexibility index (Phi) is 2.95. The fraction of sp³-hybridized carbons (Fsp3) is 0. The third-order valence-corrected chi connectivity index (χ3v) is 3.63. The first-order chi connectivity index (χ1) is 7.99. The molecule has 8 heteroatoms. The maximum atomic E-state index is 11.8. The molecular formula is C9H8ClN3O3S. The number of phenolic OH excluding ortho intramolecular Hbond substituents is 1. The second-order valence-electron chi connectivity index (χ2n) is 3.20. The van der Waals surface area contributed by atoms with Gasteiger partial charge in [0.05, 0.1) is 16.9 Å². The lowest BCUT2D eigenvalue weighted by atomic mass is 10.3. The zero-order chi connectivity index (χ0) is 12.5. The summed E-state index contributed by atoms with van der Waals surface area (Å²) in [5, 5.41) is 15.2. The molecule has 0 unspecified atom stereocenters. The van der Waals surface area contributed by atoms with Gasteiger partial charge in [-0.15, -0.1) is 0 Å². The van der Waals surface area contributed by atoms with E-state index in [9.17, 15) is 8.42 Å². The minimum absolute atomic E-state index is 0.00152. The van der Waals surface area contributed by atoms with E-state index in [1.807, 2.05) is 0 Å². The number of H-pyrrole nitrogens is 1. The van der Waals surface area contributed by atoms with Gasteiger partial charge in [0.15, 0.2) is 0 Å². The molecule has 17 heavy (non-hydrogen) atoms. The summed E-state index contributed by atoms with van der Waals surface area (Å²) in [4.78, 5) is 0.00152. The Labute approximate surface area is 102 Å². The third kappa shape index (κ3) is 2.51. The molecule has 2 rings (SSSR count). The van der Waals surface area contributed by atoms with Crippen LogP contribution >= 0.6 is 11.6 Å². The zero-order valence-corrected chi connectivity index (χ0v) is 9.96. The Hall–Kier alpha value is -1.73. The number of nitrogens with zero attached hydrogens (tertiary/aromatic N) is 1. The summed E-state index contributed by atoms with van der Waals surface area (Å²) >= 11 is 5.79. The van der Waals surface area contributed by atoms with Gasteiger partial charge in [0, 0.05) is 12.3 Å². The Bertz CT molecular complexity index is 625. The highest BCUT2D eigenvalue weighted by molar-refractivity contribution is 7.92. The molecule has 3 N–H and O–H groups in total. The van der Waals surface area contributed by atoms with Crippen molar-refractivity contribution >= 4 is 27.3 Å². The Morgan fingerprint density at radius 2 is 2.18 bits per heavy atom. The summed E-state index contributed by atoms with van der Waals surface area (Å²) in [5.74, 6) is -0.0405. The van der Waals surface area contributed by atoms with E-state index in [0.29, 0.717) is 0 Å². The van der Waals surface area contributed by atoms with Crippen molar-refractivity contribution in [3.8, 4) is 5.75 Å². The number of hydrogen-bond donors (Lipinski definition) is 3. The smallest absolute Gasteiger partial charge is 0.265 e. The highest BCUT2D eigenvalue weighted by Crippen LogP contribution is 2.27. The van der Waals surface area contributed by atoms with Crippen molar-refractivity contribution in [1.82, 2.24) is 10.2 Å². The molecule has 0 aliphatic heterocycles. The van der Waals surface area contributed by atoms with E-state index >= 15 is 0 Å². The minimum Gasteiger partial charge on any atom is -0.508 e. The number of sulfonamides is 1. The van der Waals surface area contributed by atoms with Crippen LogP contribution in [0.5, 0.6) is 5.75 Å². The van der Waals surface area contributed by atoms with Crippen molar-refractivity contribution in [2.75, 3.05) is 4.72 Å². The third-order valence-electron chi connectivity index (χ3n) is 1.98. The number of aromatic amines is 1. The van der Waals surface area contributed by atoms with Crippen molar-refractivity contribution in [2.45, 2.75) is 4.90 Å². The normalized spacial score (nSPS) is 11.4. The predicted octanol–water partition coefficient (Wildman–Crippen LogP) is 1.57. The average molecular weight is 274 g/mol. The van der Waals surface area contributed by atoms with Crippen molar-refractivity contribution in [1.29, 1.82) is 0 Å². The van der Waals surface area contributed by atoms with Crippen LogP contribution < -0.4 is 4.72 Å². The van der Waals surface area contributed by atoms with Crippen LogP contribution in [0.1, 0.15) is 0 Å². The van der Waals surface area contributed by atoms with E-state index < -0.39 is 10.0 Å². The molecule has 0 amide bonds. The highest BCUT2D eigenvalue weighted by atomic mass is 35.5. The fourth-order valence-corrected chi connectivity index (χ4v) is 2.44. The average Bonchev–Trinajstić information content (AvgIpc) is 2.76. The topological polar surface area (TPSA) is 95.1 Å². The molecule has 0 aliphatic rings. The summed E-state index contributed by atoms with van der Waals surface area (Å²) in [6, 6.07) is 3.95. The van der Waals surface area contributed by atoms with E-state index in [-0.39, 0.29) is 21.4 Å². The maximum absolute atomic E-state index is 11.8. The van der Waals surface area contributed by atoms with Crippen LogP contribution in [0.4, 0.5) is 5.69 Å². The zero-order valence-electron chi connectivity index (χ0n) is 8.38. The van der Waals surface area contributed by atoms with Gasteiger partial charge < -0.3 is 5.11 Å². The van der Waals surface area contributed by atoms with Crippen LogP contribution in [-0.4, -0.2) is 23.7 Å². The Morgan fingerprint density at radius 3 is 2.76 bits per heavy atom. The summed E-state index contributed by atoms with van der Waals surface area (Å²) in [6.45, 7) is 0. The van der Waals surface area contributed by atoms with Crippen molar-refractivity contribution in [3.05, 3.63) is 35.6 Å². The standard InChI is InChI=1S/C9H8ClN3O3S/c10-8-3-6(14)1-2-9(8)13-17(15,16)7-4-11-12-5-7/h1-5,13-14H,(H,11,12). The van der Waals surface area contributed by atoms with Crippen LogP contribution in [-0.2, 0) is 10.0 Å². The number of nitrogens with one attached hydrogen (secondary N) is 2. The second-order valence-corrected chi connectivity index (χ2v) is 5.29. The van der Waals surface area contributed by atoms with E-state index in [4.69, 9.17) is 16.7 Å². The molecule has 0 bridgehead atoms. The van der Waals surface area contributed by atoms with E-state index in [1.54, 1.807) is 0 Å².